The van der Waals surface area contributed by atoms with Crippen LogP contribution in [0.3, 0.4) is 0 Å². The highest BCUT2D eigenvalue weighted by Gasteiger charge is 2.17. The summed E-state index contributed by atoms with van der Waals surface area (Å²) >= 11 is 0. The first kappa shape index (κ1) is 18.1. The molecule has 0 spiro atoms. The van der Waals surface area contributed by atoms with Gasteiger partial charge in [-0.05, 0) is 56.8 Å². The summed E-state index contributed by atoms with van der Waals surface area (Å²) in [6, 6.07) is 3.86. The molecule has 0 unspecified atom stereocenters. The number of methoxy groups -OCH3 is 3. The first-order chi connectivity index (χ1) is 11.6. The Morgan fingerprint density at radius 1 is 1.12 bits per heavy atom. The third-order valence-electron chi connectivity index (χ3n) is 4.18. The molecule has 1 heterocycles. The minimum atomic E-state index is -0.0849. The van der Waals surface area contributed by atoms with Crippen LogP contribution in [-0.2, 0) is 4.79 Å². The second-order valence-electron chi connectivity index (χ2n) is 5.88. The summed E-state index contributed by atoms with van der Waals surface area (Å²) in [6.07, 6.45) is 5.26. The lowest BCUT2D eigenvalue weighted by atomic mass is 10.1. The van der Waals surface area contributed by atoms with E-state index in [1.54, 1.807) is 45.6 Å². The minimum absolute atomic E-state index is 0.0849. The number of amides is 1. The van der Waals surface area contributed by atoms with Gasteiger partial charge in [0.15, 0.2) is 11.5 Å². The van der Waals surface area contributed by atoms with Crippen molar-refractivity contribution < 1.29 is 19.0 Å². The van der Waals surface area contributed by atoms with Crippen molar-refractivity contribution in [1.29, 1.82) is 0 Å². The molecule has 0 bridgehead atoms. The predicted molar refractivity (Wildman–Crippen MR) is 93.8 cm³/mol. The molecule has 0 saturated carbocycles. The average Bonchev–Trinajstić information content (AvgIpc) is 2.60. The standard InChI is InChI=1S/C18H26N2O4/c1-20-9-7-14(8-10-20)19-17(21)6-5-13-11-15(22-2)18(24-4)16(12-13)23-3/h5-6,11-12,14H,7-10H2,1-4H3,(H,19,21)/b6-5+. The van der Waals surface area contributed by atoms with E-state index in [-0.39, 0.29) is 11.9 Å². The Labute approximate surface area is 143 Å². The maximum Gasteiger partial charge on any atom is 0.244 e. The highest BCUT2D eigenvalue weighted by atomic mass is 16.5. The Balaban J connectivity index is 2.04. The molecule has 0 aromatic heterocycles. The second kappa shape index (κ2) is 8.59. The predicted octanol–water partition coefficient (Wildman–Crippen LogP) is 1.94. The number of hydrogen-bond donors (Lipinski definition) is 1. The first-order valence-corrected chi connectivity index (χ1v) is 8.04. The highest BCUT2D eigenvalue weighted by Crippen LogP contribution is 2.38. The van der Waals surface area contributed by atoms with E-state index in [1.165, 1.54) is 0 Å². The van der Waals surface area contributed by atoms with Crippen molar-refractivity contribution in [3.8, 4) is 17.2 Å². The second-order valence-corrected chi connectivity index (χ2v) is 5.88. The van der Waals surface area contributed by atoms with Crippen molar-refractivity contribution in [3.63, 3.8) is 0 Å². The Bertz CT molecular complexity index is 568. The van der Waals surface area contributed by atoms with Crippen molar-refractivity contribution in [1.82, 2.24) is 10.2 Å². The Hall–Kier alpha value is -2.21. The van der Waals surface area contributed by atoms with E-state index >= 15 is 0 Å². The molecule has 6 nitrogen and oxygen atoms in total. The van der Waals surface area contributed by atoms with Crippen molar-refractivity contribution in [2.75, 3.05) is 41.5 Å². The van der Waals surface area contributed by atoms with E-state index < -0.39 is 0 Å². The number of hydrogen-bond acceptors (Lipinski definition) is 5. The summed E-state index contributed by atoms with van der Waals surface area (Å²) in [4.78, 5) is 14.4. The van der Waals surface area contributed by atoms with Crippen LogP contribution in [0.4, 0.5) is 0 Å². The zero-order valence-corrected chi connectivity index (χ0v) is 14.8. The molecule has 132 valence electrons. The van der Waals surface area contributed by atoms with E-state index in [9.17, 15) is 4.79 Å². The van der Waals surface area contributed by atoms with Gasteiger partial charge in [-0.2, -0.15) is 0 Å². The van der Waals surface area contributed by atoms with Crippen LogP contribution < -0.4 is 19.5 Å². The molecule has 1 aliphatic rings. The van der Waals surface area contributed by atoms with E-state index in [4.69, 9.17) is 14.2 Å². The Morgan fingerprint density at radius 2 is 1.71 bits per heavy atom. The molecular formula is C18H26N2O4. The monoisotopic (exact) mass is 334 g/mol. The lowest BCUT2D eigenvalue weighted by Crippen LogP contribution is -2.42. The van der Waals surface area contributed by atoms with Gasteiger partial charge in [0.25, 0.3) is 0 Å². The number of benzene rings is 1. The van der Waals surface area contributed by atoms with Gasteiger partial charge in [-0.3, -0.25) is 4.79 Å². The summed E-state index contributed by atoms with van der Waals surface area (Å²) in [5, 5.41) is 3.05. The topological polar surface area (TPSA) is 60.0 Å². The smallest absolute Gasteiger partial charge is 0.244 e. The lowest BCUT2D eigenvalue weighted by Gasteiger charge is -2.29. The van der Waals surface area contributed by atoms with Crippen molar-refractivity contribution in [2.24, 2.45) is 0 Å². The van der Waals surface area contributed by atoms with Crippen LogP contribution in [0, 0.1) is 0 Å². The van der Waals surface area contributed by atoms with E-state index in [1.807, 2.05) is 0 Å². The SMILES string of the molecule is COc1cc(/C=C/C(=O)NC2CCN(C)CC2)cc(OC)c1OC. The van der Waals surface area contributed by atoms with Crippen LogP contribution >= 0.6 is 0 Å². The van der Waals surface area contributed by atoms with Crippen molar-refractivity contribution >= 4 is 12.0 Å². The molecule has 1 aliphatic heterocycles. The van der Waals surface area contributed by atoms with Gasteiger partial charge >= 0.3 is 0 Å². The molecule has 1 amide bonds. The average molecular weight is 334 g/mol. The third kappa shape index (κ3) is 4.64. The van der Waals surface area contributed by atoms with Crippen LogP contribution in [0.1, 0.15) is 18.4 Å². The zero-order chi connectivity index (χ0) is 17.5. The molecule has 0 atom stereocenters. The summed E-state index contributed by atoms with van der Waals surface area (Å²) in [7, 11) is 6.79. The maximum atomic E-state index is 12.1. The first-order valence-electron chi connectivity index (χ1n) is 8.04. The number of nitrogens with zero attached hydrogens (tertiary/aromatic N) is 1. The van der Waals surface area contributed by atoms with Crippen LogP contribution in [0.2, 0.25) is 0 Å². The fourth-order valence-corrected chi connectivity index (χ4v) is 2.77. The van der Waals surface area contributed by atoms with Gasteiger partial charge in [-0.1, -0.05) is 0 Å². The van der Waals surface area contributed by atoms with Gasteiger partial charge in [0.2, 0.25) is 11.7 Å². The molecule has 2 rings (SSSR count). The van der Waals surface area contributed by atoms with Gasteiger partial charge in [-0.25, -0.2) is 0 Å². The molecule has 1 N–H and O–H groups in total. The van der Waals surface area contributed by atoms with Gasteiger partial charge in [0, 0.05) is 12.1 Å². The number of piperidine rings is 1. The van der Waals surface area contributed by atoms with Gasteiger partial charge in [0.1, 0.15) is 0 Å². The van der Waals surface area contributed by atoms with Crippen LogP contribution in [0.5, 0.6) is 17.2 Å². The molecule has 24 heavy (non-hydrogen) atoms. The van der Waals surface area contributed by atoms with Crippen molar-refractivity contribution in [3.05, 3.63) is 23.8 Å². The molecule has 0 radical (unpaired) electrons. The number of nitrogens with one attached hydrogen (secondary N) is 1. The minimum Gasteiger partial charge on any atom is -0.493 e. The van der Waals surface area contributed by atoms with Crippen LogP contribution in [0.25, 0.3) is 6.08 Å². The maximum absolute atomic E-state index is 12.1. The molecule has 1 fully saturated rings. The van der Waals surface area contributed by atoms with E-state index in [0.29, 0.717) is 17.2 Å². The quantitative estimate of drug-likeness (QED) is 0.806. The van der Waals surface area contributed by atoms with E-state index in [2.05, 4.69) is 17.3 Å². The Kier molecular flexibility index (Phi) is 6.49. The molecule has 1 saturated heterocycles. The fraction of sp³-hybridized carbons (Fsp3) is 0.500. The zero-order valence-electron chi connectivity index (χ0n) is 14.8. The number of carbonyl (C=O) groups excluding carboxylic acids is 1. The largest absolute Gasteiger partial charge is 0.493 e. The summed E-state index contributed by atoms with van der Waals surface area (Å²) in [5.41, 5.74) is 0.808. The fourth-order valence-electron chi connectivity index (χ4n) is 2.77. The van der Waals surface area contributed by atoms with Crippen LogP contribution in [0.15, 0.2) is 18.2 Å². The number of ether oxygens (including phenoxy) is 3. The number of rotatable bonds is 6. The molecule has 6 heteroatoms. The highest BCUT2D eigenvalue weighted by molar-refractivity contribution is 5.92. The van der Waals surface area contributed by atoms with E-state index in [0.717, 1.165) is 31.5 Å². The summed E-state index contributed by atoms with van der Waals surface area (Å²) in [5.74, 6) is 1.57. The normalized spacial score (nSPS) is 16.2. The molecule has 1 aromatic rings. The summed E-state index contributed by atoms with van der Waals surface area (Å²) < 4.78 is 15.9. The Morgan fingerprint density at radius 3 is 2.21 bits per heavy atom. The number of likely N-dealkylation sites (tertiary alicyclic amines) is 1. The van der Waals surface area contributed by atoms with Gasteiger partial charge in [-0.15, -0.1) is 0 Å². The lowest BCUT2D eigenvalue weighted by molar-refractivity contribution is -0.117. The number of carbonyl (C=O) groups is 1. The molecule has 0 aliphatic carbocycles. The molecular weight excluding hydrogens is 308 g/mol. The van der Waals surface area contributed by atoms with Crippen molar-refractivity contribution in [2.45, 2.75) is 18.9 Å². The summed E-state index contributed by atoms with van der Waals surface area (Å²) in [6.45, 7) is 2.03. The van der Waals surface area contributed by atoms with Gasteiger partial charge in [0.05, 0.1) is 21.3 Å². The van der Waals surface area contributed by atoms with Crippen LogP contribution in [-0.4, -0.2) is 58.3 Å². The van der Waals surface area contributed by atoms with Gasteiger partial charge < -0.3 is 24.4 Å². The molecule has 1 aromatic carbocycles. The third-order valence-corrected chi connectivity index (χ3v) is 4.18.